The molecule has 0 aliphatic rings. The number of carbonyl (C=O) groups excluding carboxylic acids is 3. The second-order valence-electron chi connectivity index (χ2n) is 6.49. The summed E-state index contributed by atoms with van der Waals surface area (Å²) in [5.74, 6) is -0.594. The summed E-state index contributed by atoms with van der Waals surface area (Å²) in [5.41, 5.74) is 3.28. The van der Waals surface area contributed by atoms with Crippen molar-refractivity contribution < 1.29 is 14.4 Å². The Morgan fingerprint density at radius 3 is 2.15 bits per heavy atom. The van der Waals surface area contributed by atoms with E-state index in [1.807, 2.05) is 32.0 Å². The third kappa shape index (κ3) is 6.03. The molecule has 0 radical (unpaired) electrons. The number of anilines is 1. The number of halogens is 1. The van der Waals surface area contributed by atoms with Gasteiger partial charge in [0.2, 0.25) is 11.8 Å². The number of rotatable bonds is 7. The molecule has 1 N–H and O–H groups in total. The zero-order chi connectivity index (χ0) is 20.0. The summed E-state index contributed by atoms with van der Waals surface area (Å²) < 4.78 is 0.893. The van der Waals surface area contributed by atoms with Gasteiger partial charge in [-0.05, 0) is 37.1 Å². The number of amides is 2. The van der Waals surface area contributed by atoms with Crippen molar-refractivity contribution in [3.63, 3.8) is 0 Å². The highest BCUT2D eigenvalue weighted by molar-refractivity contribution is 9.10. The van der Waals surface area contributed by atoms with E-state index in [0.29, 0.717) is 5.56 Å². The number of nitrogens with one attached hydrogen (secondary N) is 1. The summed E-state index contributed by atoms with van der Waals surface area (Å²) in [6.07, 6.45) is 0.186. The largest absolute Gasteiger partial charge is 0.336 e. The number of aryl methyl sites for hydroxylation is 2. The Morgan fingerprint density at radius 1 is 0.963 bits per heavy atom. The van der Waals surface area contributed by atoms with Crippen LogP contribution in [0.5, 0.6) is 0 Å². The summed E-state index contributed by atoms with van der Waals surface area (Å²) in [4.78, 5) is 38.0. The molecule has 142 valence electrons. The molecule has 6 heteroatoms. The molecule has 0 aliphatic heterocycles. The summed E-state index contributed by atoms with van der Waals surface area (Å²) >= 11 is 3.32. The van der Waals surface area contributed by atoms with Crippen LogP contribution in [-0.4, -0.2) is 36.1 Å². The molecule has 0 fully saturated rings. The molecule has 0 spiro atoms. The van der Waals surface area contributed by atoms with E-state index >= 15 is 0 Å². The monoisotopic (exact) mass is 430 g/mol. The van der Waals surface area contributed by atoms with Gasteiger partial charge in [-0.25, -0.2) is 0 Å². The number of hydrogen-bond acceptors (Lipinski definition) is 3. The fourth-order valence-electron chi connectivity index (χ4n) is 2.69. The summed E-state index contributed by atoms with van der Waals surface area (Å²) in [5, 5.41) is 2.86. The number of nitrogens with zero attached hydrogens (tertiary/aromatic N) is 1. The van der Waals surface area contributed by atoms with Gasteiger partial charge in [0.25, 0.3) is 0 Å². The number of para-hydroxylation sites is 1. The second kappa shape index (κ2) is 9.46. The lowest BCUT2D eigenvalue weighted by atomic mass is 10.1. The average Bonchev–Trinajstić information content (AvgIpc) is 2.63. The molecule has 2 aromatic carbocycles. The standard InChI is InChI=1S/C21H23BrN2O3/c1-14-5-4-6-15(2)21(14)23-19(26)13-24(3)20(27)12-11-18(25)16-7-9-17(22)10-8-16/h4-10H,11-13H2,1-3H3,(H,23,26). The third-order valence-corrected chi connectivity index (χ3v) is 4.81. The van der Waals surface area contributed by atoms with Crippen molar-refractivity contribution in [2.75, 3.05) is 18.9 Å². The minimum absolute atomic E-state index is 0.0565. The minimum Gasteiger partial charge on any atom is -0.336 e. The molecule has 2 aromatic rings. The van der Waals surface area contributed by atoms with E-state index in [1.165, 1.54) is 4.90 Å². The summed E-state index contributed by atoms with van der Waals surface area (Å²) in [6, 6.07) is 12.8. The van der Waals surface area contributed by atoms with Gasteiger partial charge in [0.05, 0.1) is 6.54 Å². The van der Waals surface area contributed by atoms with Crippen LogP contribution in [-0.2, 0) is 9.59 Å². The summed E-state index contributed by atoms with van der Waals surface area (Å²) in [6.45, 7) is 3.79. The molecule has 0 atom stereocenters. The van der Waals surface area contributed by atoms with E-state index < -0.39 is 0 Å². The molecule has 0 saturated heterocycles. The number of benzene rings is 2. The number of likely N-dealkylation sites (N-methyl/N-ethyl adjacent to an activating group) is 1. The maximum atomic E-state index is 12.2. The Hall–Kier alpha value is -2.47. The summed E-state index contributed by atoms with van der Waals surface area (Å²) in [7, 11) is 1.57. The molecule has 0 saturated carbocycles. The smallest absolute Gasteiger partial charge is 0.243 e. The molecular weight excluding hydrogens is 408 g/mol. The third-order valence-electron chi connectivity index (χ3n) is 4.28. The SMILES string of the molecule is Cc1cccc(C)c1NC(=O)CN(C)C(=O)CCC(=O)c1ccc(Br)cc1. The number of ketones is 1. The topological polar surface area (TPSA) is 66.5 Å². The molecule has 5 nitrogen and oxygen atoms in total. The first kappa shape index (κ1) is 20.8. The van der Waals surface area contributed by atoms with Gasteiger partial charge in [-0.3, -0.25) is 14.4 Å². The molecule has 2 rings (SSSR count). The maximum Gasteiger partial charge on any atom is 0.243 e. The van der Waals surface area contributed by atoms with Crippen molar-refractivity contribution >= 4 is 39.2 Å². The fraction of sp³-hybridized carbons (Fsp3) is 0.286. The van der Waals surface area contributed by atoms with E-state index in [9.17, 15) is 14.4 Å². The number of carbonyl (C=O) groups is 3. The van der Waals surface area contributed by atoms with E-state index in [2.05, 4.69) is 21.2 Å². The van der Waals surface area contributed by atoms with Crippen LogP contribution < -0.4 is 5.32 Å². The van der Waals surface area contributed by atoms with Gasteiger partial charge in [0.1, 0.15) is 0 Å². The van der Waals surface area contributed by atoms with Crippen LogP contribution in [0, 0.1) is 13.8 Å². The van der Waals surface area contributed by atoms with Crippen LogP contribution in [0.15, 0.2) is 46.9 Å². The van der Waals surface area contributed by atoms with E-state index in [4.69, 9.17) is 0 Å². The van der Waals surface area contributed by atoms with Gasteiger partial charge in [-0.15, -0.1) is 0 Å². The average molecular weight is 431 g/mol. The van der Waals surface area contributed by atoms with Crippen molar-refractivity contribution in [3.8, 4) is 0 Å². The van der Waals surface area contributed by atoms with Crippen LogP contribution in [0.2, 0.25) is 0 Å². The predicted octanol–water partition coefficient (Wildman–Crippen LogP) is 4.13. The Labute approximate surface area is 167 Å². The van der Waals surface area contributed by atoms with Gasteiger partial charge < -0.3 is 10.2 Å². The van der Waals surface area contributed by atoms with Crippen molar-refractivity contribution in [3.05, 3.63) is 63.6 Å². The molecule has 27 heavy (non-hydrogen) atoms. The molecule has 2 amide bonds. The molecular formula is C21H23BrN2O3. The lowest BCUT2D eigenvalue weighted by Gasteiger charge is -2.18. The zero-order valence-corrected chi connectivity index (χ0v) is 17.3. The lowest BCUT2D eigenvalue weighted by Crippen LogP contribution is -2.35. The molecule has 0 aliphatic carbocycles. The number of Topliss-reactive ketones (excluding diaryl/α,β-unsaturated/α-hetero) is 1. The second-order valence-corrected chi connectivity index (χ2v) is 7.41. The first-order valence-electron chi connectivity index (χ1n) is 8.66. The normalized spacial score (nSPS) is 10.4. The Balaban J connectivity index is 1.85. The maximum absolute atomic E-state index is 12.2. The van der Waals surface area contributed by atoms with Crippen molar-refractivity contribution in [1.82, 2.24) is 4.90 Å². The quantitative estimate of drug-likeness (QED) is 0.671. The lowest BCUT2D eigenvalue weighted by molar-refractivity contribution is -0.133. The van der Waals surface area contributed by atoms with Gasteiger partial charge >= 0.3 is 0 Å². The van der Waals surface area contributed by atoms with Crippen LogP contribution >= 0.6 is 15.9 Å². The molecule has 0 heterocycles. The Bertz CT molecular complexity index is 827. The zero-order valence-electron chi connectivity index (χ0n) is 15.7. The van der Waals surface area contributed by atoms with E-state index in [1.54, 1.807) is 31.3 Å². The molecule has 0 aromatic heterocycles. The highest BCUT2D eigenvalue weighted by Gasteiger charge is 2.16. The van der Waals surface area contributed by atoms with Crippen LogP contribution in [0.25, 0.3) is 0 Å². The van der Waals surface area contributed by atoms with Crippen molar-refractivity contribution in [2.24, 2.45) is 0 Å². The van der Waals surface area contributed by atoms with Crippen molar-refractivity contribution in [2.45, 2.75) is 26.7 Å². The first-order chi connectivity index (χ1) is 12.8. The number of hydrogen-bond donors (Lipinski definition) is 1. The fourth-order valence-corrected chi connectivity index (χ4v) is 2.95. The van der Waals surface area contributed by atoms with Crippen LogP contribution in [0.3, 0.4) is 0 Å². The van der Waals surface area contributed by atoms with Gasteiger partial charge in [0.15, 0.2) is 5.78 Å². The molecule has 0 bridgehead atoms. The van der Waals surface area contributed by atoms with Crippen molar-refractivity contribution in [1.29, 1.82) is 0 Å². The predicted molar refractivity (Wildman–Crippen MR) is 110 cm³/mol. The van der Waals surface area contributed by atoms with E-state index in [0.717, 1.165) is 21.3 Å². The van der Waals surface area contributed by atoms with Gasteiger partial charge in [-0.2, -0.15) is 0 Å². The van der Waals surface area contributed by atoms with Gasteiger partial charge in [-0.1, -0.05) is 46.3 Å². The van der Waals surface area contributed by atoms with Gasteiger partial charge in [0, 0.05) is 35.6 Å². The Morgan fingerprint density at radius 2 is 1.56 bits per heavy atom. The first-order valence-corrected chi connectivity index (χ1v) is 9.46. The molecule has 0 unspecified atom stereocenters. The van der Waals surface area contributed by atoms with Crippen LogP contribution in [0.1, 0.15) is 34.3 Å². The van der Waals surface area contributed by atoms with Crippen LogP contribution in [0.4, 0.5) is 5.69 Å². The Kier molecular flexibility index (Phi) is 7.30. The minimum atomic E-state index is -0.262. The highest BCUT2D eigenvalue weighted by Crippen LogP contribution is 2.19. The highest BCUT2D eigenvalue weighted by atomic mass is 79.9. The van der Waals surface area contributed by atoms with E-state index in [-0.39, 0.29) is 37.0 Å².